The second-order valence-corrected chi connectivity index (χ2v) is 3.04. The lowest BCUT2D eigenvalue weighted by Gasteiger charge is -2.08. The Morgan fingerprint density at radius 2 is 2.00 bits per heavy atom. The van der Waals surface area contributed by atoms with Gasteiger partial charge in [0.2, 0.25) is 0 Å². The minimum absolute atomic E-state index is 0.311. The third-order valence-electron chi connectivity index (χ3n) is 1.79. The van der Waals surface area contributed by atoms with E-state index in [0.717, 1.165) is 17.8 Å². The van der Waals surface area contributed by atoms with Gasteiger partial charge in [0.25, 0.3) is 0 Å². The van der Waals surface area contributed by atoms with Gasteiger partial charge in [-0.2, -0.15) is 0 Å². The lowest BCUT2D eigenvalue weighted by Crippen LogP contribution is -2.08. The van der Waals surface area contributed by atoms with Crippen molar-refractivity contribution in [2.24, 2.45) is 0 Å². The van der Waals surface area contributed by atoms with Gasteiger partial charge in [0.15, 0.2) is 0 Å². The van der Waals surface area contributed by atoms with Crippen molar-refractivity contribution in [2.45, 2.75) is 33.1 Å². The zero-order valence-electron chi connectivity index (χ0n) is 7.70. The van der Waals surface area contributed by atoms with Gasteiger partial charge in [-0.15, -0.1) is 10.2 Å². The van der Waals surface area contributed by atoms with Gasteiger partial charge in [0, 0.05) is 0 Å². The Bertz CT molecular complexity index is 270. The molecule has 0 radical (unpaired) electrons. The number of hydrogen-bond acceptors (Lipinski definition) is 4. The summed E-state index contributed by atoms with van der Waals surface area (Å²) in [5, 5.41) is 11.4. The minimum atomic E-state index is 0.311. The fourth-order valence-electron chi connectivity index (χ4n) is 1.07. The van der Waals surface area contributed by atoms with Gasteiger partial charge in [-0.3, -0.25) is 0 Å². The molecule has 0 bridgehead atoms. The summed E-state index contributed by atoms with van der Waals surface area (Å²) in [6, 6.07) is 0. The topological polar surface area (TPSA) is 64.7 Å². The maximum Gasteiger partial charge on any atom is 0.0922 e. The van der Waals surface area contributed by atoms with E-state index in [-0.39, 0.29) is 0 Å². The molecule has 0 saturated carbocycles. The highest BCUT2D eigenvalue weighted by Crippen LogP contribution is 2.19. The molecule has 0 amide bonds. The summed E-state index contributed by atoms with van der Waals surface area (Å²) in [6.45, 7) is 6.09. The number of hydrogen-bond donors (Lipinski definition) is 1. The molecule has 1 rings (SSSR count). The number of aryl methyl sites for hydroxylation is 1. The highest BCUT2D eigenvalue weighted by atomic mass is 15.3. The van der Waals surface area contributed by atoms with Crippen molar-refractivity contribution < 1.29 is 0 Å². The van der Waals surface area contributed by atoms with Gasteiger partial charge < -0.3 is 5.73 Å². The summed E-state index contributed by atoms with van der Waals surface area (Å²) >= 11 is 0. The SMILES string of the molecule is CCc1nnnc(C(C)C)c1N. The second-order valence-electron chi connectivity index (χ2n) is 3.04. The molecule has 12 heavy (non-hydrogen) atoms. The highest BCUT2D eigenvalue weighted by Gasteiger charge is 2.10. The van der Waals surface area contributed by atoms with E-state index < -0.39 is 0 Å². The molecule has 4 nitrogen and oxygen atoms in total. The van der Waals surface area contributed by atoms with E-state index >= 15 is 0 Å². The Balaban J connectivity index is 3.14. The van der Waals surface area contributed by atoms with Crippen LogP contribution in [0.25, 0.3) is 0 Å². The van der Waals surface area contributed by atoms with Crippen LogP contribution in [0.5, 0.6) is 0 Å². The third kappa shape index (κ3) is 1.52. The third-order valence-corrected chi connectivity index (χ3v) is 1.79. The average molecular weight is 166 g/mol. The summed E-state index contributed by atoms with van der Waals surface area (Å²) in [6.07, 6.45) is 0.807. The monoisotopic (exact) mass is 166 g/mol. The van der Waals surface area contributed by atoms with Crippen LogP contribution in [0.4, 0.5) is 5.69 Å². The lowest BCUT2D eigenvalue weighted by atomic mass is 10.1. The summed E-state index contributed by atoms with van der Waals surface area (Å²) in [5.41, 5.74) is 8.22. The maximum atomic E-state index is 5.83. The molecule has 2 N–H and O–H groups in total. The smallest absolute Gasteiger partial charge is 0.0922 e. The molecule has 0 unspecified atom stereocenters. The first-order valence-electron chi connectivity index (χ1n) is 4.14. The van der Waals surface area contributed by atoms with Gasteiger partial charge in [-0.25, -0.2) is 0 Å². The van der Waals surface area contributed by atoms with Crippen LogP contribution in [-0.2, 0) is 6.42 Å². The molecule has 0 spiro atoms. The first-order valence-corrected chi connectivity index (χ1v) is 4.14. The van der Waals surface area contributed by atoms with Crippen molar-refractivity contribution in [3.05, 3.63) is 11.4 Å². The molecular formula is C8H14N4. The van der Waals surface area contributed by atoms with Gasteiger partial charge in [0.1, 0.15) is 0 Å². The van der Waals surface area contributed by atoms with E-state index in [1.807, 2.05) is 20.8 Å². The highest BCUT2D eigenvalue weighted by molar-refractivity contribution is 5.47. The van der Waals surface area contributed by atoms with Crippen LogP contribution in [-0.4, -0.2) is 15.4 Å². The van der Waals surface area contributed by atoms with Crippen LogP contribution < -0.4 is 5.73 Å². The first-order chi connectivity index (χ1) is 5.66. The zero-order chi connectivity index (χ0) is 9.14. The number of aromatic nitrogens is 3. The molecule has 0 aromatic carbocycles. The molecule has 0 saturated heterocycles. The Kier molecular flexibility index (Phi) is 2.58. The normalized spacial score (nSPS) is 10.7. The predicted molar refractivity (Wildman–Crippen MR) is 47.7 cm³/mol. The van der Waals surface area contributed by atoms with Gasteiger partial charge in [-0.05, 0) is 17.6 Å². The molecule has 0 atom stereocenters. The molecule has 0 aliphatic heterocycles. The summed E-state index contributed by atoms with van der Waals surface area (Å²) < 4.78 is 0. The van der Waals surface area contributed by atoms with Crippen LogP contribution in [0.15, 0.2) is 0 Å². The quantitative estimate of drug-likeness (QED) is 0.715. The van der Waals surface area contributed by atoms with Crippen molar-refractivity contribution in [3.8, 4) is 0 Å². The number of nitrogens with zero attached hydrogens (tertiary/aromatic N) is 3. The van der Waals surface area contributed by atoms with E-state index in [0.29, 0.717) is 11.6 Å². The van der Waals surface area contributed by atoms with Crippen molar-refractivity contribution in [2.75, 3.05) is 5.73 Å². The maximum absolute atomic E-state index is 5.83. The molecular weight excluding hydrogens is 152 g/mol. The fourth-order valence-corrected chi connectivity index (χ4v) is 1.07. The van der Waals surface area contributed by atoms with E-state index in [1.54, 1.807) is 0 Å². The number of nitrogen functional groups attached to an aromatic ring is 1. The fraction of sp³-hybridized carbons (Fsp3) is 0.625. The summed E-state index contributed by atoms with van der Waals surface area (Å²) in [4.78, 5) is 0. The summed E-state index contributed by atoms with van der Waals surface area (Å²) in [5.74, 6) is 0.311. The van der Waals surface area contributed by atoms with Gasteiger partial charge in [-0.1, -0.05) is 20.8 Å². The van der Waals surface area contributed by atoms with Crippen molar-refractivity contribution >= 4 is 5.69 Å². The van der Waals surface area contributed by atoms with Crippen LogP contribution in [0.2, 0.25) is 0 Å². The standard InChI is InChI=1S/C8H14N4/c1-4-6-7(9)8(5(2)3)11-12-10-6/h5H,4H2,1-3H3,(H2,9,12). The molecule has 0 fully saturated rings. The second kappa shape index (κ2) is 3.47. The molecule has 66 valence electrons. The Morgan fingerprint density at radius 1 is 1.33 bits per heavy atom. The first kappa shape index (κ1) is 8.90. The van der Waals surface area contributed by atoms with Crippen LogP contribution >= 0.6 is 0 Å². The Hall–Kier alpha value is -1.19. The largest absolute Gasteiger partial charge is 0.396 e. The molecule has 0 aliphatic rings. The molecule has 0 aliphatic carbocycles. The van der Waals surface area contributed by atoms with Gasteiger partial charge >= 0.3 is 0 Å². The Labute approximate surface area is 72.2 Å². The van der Waals surface area contributed by atoms with Crippen LogP contribution in [0.3, 0.4) is 0 Å². The van der Waals surface area contributed by atoms with E-state index in [4.69, 9.17) is 5.73 Å². The van der Waals surface area contributed by atoms with Gasteiger partial charge in [0.05, 0.1) is 17.1 Å². The van der Waals surface area contributed by atoms with E-state index in [9.17, 15) is 0 Å². The average Bonchev–Trinajstić information content (AvgIpc) is 2.04. The number of rotatable bonds is 2. The predicted octanol–water partition coefficient (Wildman–Crippen LogP) is 1.14. The Morgan fingerprint density at radius 3 is 2.50 bits per heavy atom. The zero-order valence-corrected chi connectivity index (χ0v) is 7.70. The lowest BCUT2D eigenvalue weighted by molar-refractivity contribution is 0.726. The number of nitrogens with two attached hydrogens (primary N) is 1. The molecule has 4 heteroatoms. The molecule has 1 heterocycles. The number of anilines is 1. The van der Waals surface area contributed by atoms with Crippen molar-refractivity contribution in [1.29, 1.82) is 0 Å². The van der Waals surface area contributed by atoms with Crippen molar-refractivity contribution in [3.63, 3.8) is 0 Å². The molecule has 1 aromatic heterocycles. The summed E-state index contributed by atoms with van der Waals surface area (Å²) in [7, 11) is 0. The van der Waals surface area contributed by atoms with Crippen LogP contribution in [0.1, 0.15) is 38.1 Å². The molecule has 1 aromatic rings. The minimum Gasteiger partial charge on any atom is -0.396 e. The van der Waals surface area contributed by atoms with E-state index in [1.165, 1.54) is 0 Å². The van der Waals surface area contributed by atoms with E-state index in [2.05, 4.69) is 15.4 Å². The van der Waals surface area contributed by atoms with Crippen LogP contribution in [0, 0.1) is 0 Å². The van der Waals surface area contributed by atoms with Crippen molar-refractivity contribution in [1.82, 2.24) is 15.4 Å².